The van der Waals surface area contributed by atoms with E-state index in [1.54, 1.807) is 23.1 Å². The van der Waals surface area contributed by atoms with E-state index in [9.17, 15) is 18.0 Å². The molecule has 1 saturated carbocycles. The summed E-state index contributed by atoms with van der Waals surface area (Å²) in [5, 5.41) is 5.42. The number of amides is 2. The monoisotopic (exact) mass is 490 g/mol. The van der Waals surface area contributed by atoms with E-state index in [0.29, 0.717) is 18.1 Å². The van der Waals surface area contributed by atoms with Crippen molar-refractivity contribution in [3.8, 4) is 0 Å². The fraction of sp³-hybridized carbons (Fsp3) is 0.522. The molecule has 2 amide bonds. The number of aryl methyl sites for hydroxylation is 1. The van der Waals surface area contributed by atoms with Gasteiger partial charge in [0.15, 0.2) is 5.13 Å². The highest BCUT2D eigenvalue weighted by atomic mass is 32.2. The number of rotatable bonds is 6. The quantitative estimate of drug-likeness (QED) is 0.645. The van der Waals surface area contributed by atoms with Crippen LogP contribution < -0.4 is 14.9 Å². The number of aromatic nitrogens is 1. The largest absolute Gasteiger partial charge is 0.309 e. The van der Waals surface area contributed by atoms with Gasteiger partial charge in [0.1, 0.15) is 0 Å². The molecule has 1 aromatic heterocycles. The lowest BCUT2D eigenvalue weighted by Gasteiger charge is -2.27. The van der Waals surface area contributed by atoms with Gasteiger partial charge in [0, 0.05) is 36.5 Å². The number of sulfonamides is 1. The number of carbonyl (C=O) groups is 2. The minimum atomic E-state index is -3.64. The van der Waals surface area contributed by atoms with Crippen molar-refractivity contribution in [3.63, 3.8) is 0 Å². The van der Waals surface area contributed by atoms with Gasteiger partial charge in [-0.15, -0.1) is 11.3 Å². The first kappa shape index (κ1) is 23.8. The van der Waals surface area contributed by atoms with Crippen LogP contribution in [0.25, 0.3) is 0 Å². The number of thiazole rings is 1. The van der Waals surface area contributed by atoms with Gasteiger partial charge < -0.3 is 10.2 Å². The van der Waals surface area contributed by atoms with E-state index in [0.717, 1.165) is 42.6 Å². The van der Waals surface area contributed by atoms with E-state index in [1.807, 2.05) is 19.2 Å². The third kappa shape index (κ3) is 5.28. The molecule has 1 atom stereocenters. The minimum Gasteiger partial charge on any atom is -0.309 e. The number of hydrogen-bond donors (Lipinski definition) is 2. The fourth-order valence-electron chi connectivity index (χ4n) is 4.81. The molecule has 2 aromatic rings. The third-order valence-corrected chi connectivity index (χ3v) is 8.84. The van der Waals surface area contributed by atoms with E-state index in [1.165, 1.54) is 18.3 Å². The number of benzene rings is 1. The molecule has 0 bridgehead atoms. The summed E-state index contributed by atoms with van der Waals surface area (Å²) in [6.07, 6.45) is 3.71. The summed E-state index contributed by atoms with van der Waals surface area (Å²) >= 11 is 1.42. The molecule has 2 aliphatic rings. The van der Waals surface area contributed by atoms with Crippen LogP contribution in [-0.4, -0.2) is 37.8 Å². The van der Waals surface area contributed by atoms with Crippen LogP contribution in [0.4, 0.5) is 10.8 Å². The standard InChI is InChI=1S/C23H30N4O4S2/c1-14-13-32-23(25-14)26-22(29)18-6-4-17(5-7-18)12-24-33(30,31)20-8-9-21-19(11-20)10-15(2)27(21)16(3)28/h8-9,11,13,15,17-18,24H,4-7,10,12H2,1-3H3,(H,25,26,29)/t15-,17?,18?/m1/s1. The van der Waals surface area contributed by atoms with Crippen LogP contribution in [0.5, 0.6) is 0 Å². The molecule has 8 nitrogen and oxygen atoms in total. The molecule has 0 unspecified atom stereocenters. The van der Waals surface area contributed by atoms with Crippen LogP contribution in [0.15, 0.2) is 28.5 Å². The Labute approximate surface area is 198 Å². The van der Waals surface area contributed by atoms with Gasteiger partial charge >= 0.3 is 0 Å². The maximum Gasteiger partial charge on any atom is 0.240 e. The van der Waals surface area contributed by atoms with Crippen LogP contribution in [-0.2, 0) is 26.0 Å². The molecule has 10 heteroatoms. The molecular weight excluding hydrogens is 460 g/mol. The van der Waals surface area contributed by atoms with Gasteiger partial charge in [-0.1, -0.05) is 0 Å². The summed E-state index contributed by atoms with van der Waals surface area (Å²) < 4.78 is 28.5. The molecular formula is C23H30N4O4S2. The van der Waals surface area contributed by atoms with Crippen LogP contribution in [0.3, 0.4) is 0 Å². The lowest BCUT2D eigenvalue weighted by Crippen LogP contribution is -2.34. The Morgan fingerprint density at radius 2 is 1.94 bits per heavy atom. The van der Waals surface area contributed by atoms with Gasteiger partial charge in [-0.3, -0.25) is 9.59 Å². The number of nitrogens with zero attached hydrogens (tertiary/aromatic N) is 2. The van der Waals surface area contributed by atoms with Gasteiger partial charge in [-0.2, -0.15) is 0 Å². The van der Waals surface area contributed by atoms with E-state index >= 15 is 0 Å². The zero-order valence-corrected chi connectivity index (χ0v) is 20.8. The molecule has 4 rings (SSSR count). The first-order valence-electron chi connectivity index (χ1n) is 11.3. The molecule has 2 heterocycles. The van der Waals surface area contributed by atoms with Crippen molar-refractivity contribution >= 4 is 44.0 Å². The summed E-state index contributed by atoms with van der Waals surface area (Å²) in [6.45, 7) is 5.73. The maximum absolute atomic E-state index is 12.9. The Kier molecular flexibility index (Phi) is 6.88. The number of carbonyl (C=O) groups excluding carboxylic acids is 2. The van der Waals surface area contributed by atoms with Crippen LogP contribution in [0, 0.1) is 18.8 Å². The van der Waals surface area contributed by atoms with Crippen molar-refractivity contribution in [3.05, 3.63) is 34.8 Å². The van der Waals surface area contributed by atoms with E-state index in [-0.39, 0.29) is 34.6 Å². The van der Waals surface area contributed by atoms with Gasteiger partial charge in [-0.05, 0) is 75.6 Å². The smallest absolute Gasteiger partial charge is 0.240 e. The summed E-state index contributed by atoms with van der Waals surface area (Å²) in [5.74, 6) is 0.0926. The van der Waals surface area contributed by atoms with E-state index in [4.69, 9.17) is 0 Å². The van der Waals surface area contributed by atoms with Crippen molar-refractivity contribution in [1.82, 2.24) is 9.71 Å². The number of fused-ring (bicyclic) bond motifs is 1. The summed E-state index contributed by atoms with van der Waals surface area (Å²) in [7, 11) is -3.64. The maximum atomic E-state index is 12.9. The van der Waals surface area contributed by atoms with Gasteiger partial charge in [0.05, 0.1) is 10.6 Å². The molecule has 1 aromatic carbocycles. The molecule has 178 valence electrons. The summed E-state index contributed by atoms with van der Waals surface area (Å²) in [6, 6.07) is 4.99. The van der Waals surface area contributed by atoms with Crippen molar-refractivity contribution in [2.45, 2.75) is 63.8 Å². The van der Waals surface area contributed by atoms with Crippen molar-refractivity contribution in [2.24, 2.45) is 11.8 Å². The first-order valence-corrected chi connectivity index (χ1v) is 13.7. The lowest BCUT2D eigenvalue weighted by molar-refractivity contribution is -0.121. The molecule has 0 saturated heterocycles. The number of hydrogen-bond acceptors (Lipinski definition) is 6. The Morgan fingerprint density at radius 1 is 1.21 bits per heavy atom. The SMILES string of the molecule is CC(=O)N1c2ccc(S(=O)(=O)NCC3CCC(C(=O)Nc4nc(C)cs4)CC3)cc2C[C@H]1C. The molecule has 0 radical (unpaired) electrons. The highest BCUT2D eigenvalue weighted by Gasteiger charge is 2.31. The normalized spacial score (nSPS) is 22.8. The second-order valence-corrected chi connectivity index (χ2v) is 11.7. The van der Waals surface area contributed by atoms with Crippen molar-refractivity contribution in [1.29, 1.82) is 0 Å². The molecule has 2 N–H and O–H groups in total. The lowest BCUT2D eigenvalue weighted by atomic mass is 9.81. The van der Waals surface area contributed by atoms with Crippen LogP contribution in [0.2, 0.25) is 0 Å². The highest BCUT2D eigenvalue weighted by Crippen LogP contribution is 2.34. The molecule has 0 spiro atoms. The zero-order chi connectivity index (χ0) is 23.8. The number of anilines is 2. The van der Waals surface area contributed by atoms with Gasteiger partial charge in [-0.25, -0.2) is 18.1 Å². The topological polar surface area (TPSA) is 108 Å². The van der Waals surface area contributed by atoms with E-state index in [2.05, 4.69) is 15.0 Å². The Bertz CT molecular complexity index is 1150. The Hall–Kier alpha value is -2.30. The van der Waals surface area contributed by atoms with Crippen molar-refractivity contribution in [2.75, 3.05) is 16.8 Å². The average molecular weight is 491 g/mol. The summed E-state index contributed by atoms with van der Waals surface area (Å²) in [5.41, 5.74) is 2.56. The molecule has 1 fully saturated rings. The van der Waals surface area contributed by atoms with Crippen LogP contribution >= 0.6 is 11.3 Å². The van der Waals surface area contributed by atoms with Crippen molar-refractivity contribution < 1.29 is 18.0 Å². The summed E-state index contributed by atoms with van der Waals surface area (Å²) in [4.78, 5) is 30.6. The zero-order valence-electron chi connectivity index (χ0n) is 19.1. The molecule has 1 aliphatic carbocycles. The minimum absolute atomic E-state index is 0.00430. The second-order valence-electron chi connectivity index (χ2n) is 9.09. The predicted octanol–water partition coefficient (Wildman–Crippen LogP) is 3.47. The first-order chi connectivity index (χ1) is 15.6. The van der Waals surface area contributed by atoms with Gasteiger partial charge in [0.25, 0.3) is 0 Å². The van der Waals surface area contributed by atoms with Gasteiger partial charge in [0.2, 0.25) is 21.8 Å². The molecule has 1 aliphatic heterocycles. The Balaban J connectivity index is 1.30. The fourth-order valence-corrected chi connectivity index (χ4v) is 6.67. The van der Waals surface area contributed by atoms with E-state index < -0.39 is 10.0 Å². The Morgan fingerprint density at radius 3 is 2.58 bits per heavy atom. The highest BCUT2D eigenvalue weighted by molar-refractivity contribution is 7.89. The average Bonchev–Trinajstić information content (AvgIpc) is 3.33. The molecule has 33 heavy (non-hydrogen) atoms. The second kappa shape index (κ2) is 9.52. The third-order valence-electron chi connectivity index (χ3n) is 6.54. The van der Waals surface area contributed by atoms with Crippen LogP contribution in [0.1, 0.15) is 50.8 Å². The predicted molar refractivity (Wildman–Crippen MR) is 129 cm³/mol. The number of nitrogens with one attached hydrogen (secondary N) is 2.